The van der Waals surface area contributed by atoms with Crippen molar-refractivity contribution in [2.24, 2.45) is 0 Å². The summed E-state index contributed by atoms with van der Waals surface area (Å²) in [6.07, 6.45) is 1.92. The molecule has 0 saturated carbocycles. The molecule has 4 nitrogen and oxygen atoms in total. The Balaban J connectivity index is 0.00000208. The Bertz CT molecular complexity index is 690. The van der Waals surface area contributed by atoms with Gasteiger partial charge in [-0.25, -0.2) is 0 Å². The molecule has 3 rings (SSSR count). The molecule has 1 aliphatic heterocycles. The number of hydrogen-bond acceptors (Lipinski definition) is 4. The molecule has 5 heteroatoms. The first-order valence-electron chi connectivity index (χ1n) is 7.86. The van der Waals surface area contributed by atoms with Gasteiger partial charge in [-0.05, 0) is 60.3 Å². The van der Waals surface area contributed by atoms with Crippen LogP contribution in [0.1, 0.15) is 22.7 Å². The van der Waals surface area contributed by atoms with Crippen molar-refractivity contribution in [3.8, 4) is 17.2 Å². The van der Waals surface area contributed by atoms with Crippen molar-refractivity contribution in [3.63, 3.8) is 0 Å². The second-order valence-corrected chi connectivity index (χ2v) is 5.72. The van der Waals surface area contributed by atoms with Gasteiger partial charge in [0, 0.05) is 6.04 Å². The first kappa shape index (κ1) is 18.4. The molecule has 0 aromatic heterocycles. The minimum atomic E-state index is 0. The second-order valence-electron chi connectivity index (χ2n) is 5.72. The van der Waals surface area contributed by atoms with Crippen LogP contribution in [0, 0.1) is 0 Å². The molecule has 0 saturated heterocycles. The topological polar surface area (TPSA) is 39.7 Å². The van der Waals surface area contributed by atoms with Crippen molar-refractivity contribution in [1.29, 1.82) is 0 Å². The van der Waals surface area contributed by atoms with Crippen LogP contribution in [0.3, 0.4) is 0 Å². The number of fused-ring (bicyclic) bond motifs is 1. The average molecular weight is 350 g/mol. The van der Waals surface area contributed by atoms with E-state index in [1.165, 1.54) is 16.7 Å². The lowest BCUT2D eigenvalue weighted by Crippen LogP contribution is -2.31. The highest BCUT2D eigenvalue weighted by molar-refractivity contribution is 5.85. The molecular formula is C19H24ClNO3. The van der Waals surface area contributed by atoms with Gasteiger partial charge in [-0.15, -0.1) is 12.4 Å². The number of methoxy groups -OCH3 is 3. The highest BCUT2D eigenvalue weighted by Gasteiger charge is 2.22. The lowest BCUT2D eigenvalue weighted by molar-refractivity contribution is 0.352. The highest BCUT2D eigenvalue weighted by Crippen LogP contribution is 2.36. The van der Waals surface area contributed by atoms with Crippen molar-refractivity contribution in [2.75, 3.05) is 27.9 Å². The maximum Gasteiger partial charge on any atom is 0.161 e. The number of rotatable bonds is 5. The smallest absolute Gasteiger partial charge is 0.161 e. The number of halogens is 1. The maximum absolute atomic E-state index is 5.46. The summed E-state index contributed by atoms with van der Waals surface area (Å²) in [6.45, 7) is 0.969. The number of ether oxygens (including phenoxy) is 3. The zero-order valence-electron chi connectivity index (χ0n) is 14.3. The third-order valence-electron chi connectivity index (χ3n) is 4.38. The minimum absolute atomic E-state index is 0. The van der Waals surface area contributed by atoms with Crippen molar-refractivity contribution in [3.05, 3.63) is 53.1 Å². The fourth-order valence-electron chi connectivity index (χ4n) is 3.19. The van der Waals surface area contributed by atoms with Gasteiger partial charge in [-0.2, -0.15) is 0 Å². The summed E-state index contributed by atoms with van der Waals surface area (Å²) in [5, 5.41) is 3.61. The molecule has 1 aliphatic rings. The van der Waals surface area contributed by atoms with Gasteiger partial charge in [0.25, 0.3) is 0 Å². The lowest BCUT2D eigenvalue weighted by Gasteiger charge is -2.28. The molecule has 130 valence electrons. The summed E-state index contributed by atoms with van der Waals surface area (Å²) in [5.41, 5.74) is 3.87. The minimum Gasteiger partial charge on any atom is -0.497 e. The third kappa shape index (κ3) is 3.77. The summed E-state index contributed by atoms with van der Waals surface area (Å²) in [7, 11) is 5.06. The van der Waals surface area contributed by atoms with Gasteiger partial charge < -0.3 is 19.5 Å². The molecule has 0 spiro atoms. The van der Waals surface area contributed by atoms with Gasteiger partial charge in [-0.1, -0.05) is 12.1 Å². The molecule has 24 heavy (non-hydrogen) atoms. The maximum atomic E-state index is 5.46. The molecule has 1 N–H and O–H groups in total. The monoisotopic (exact) mass is 349 g/mol. The molecule has 0 bridgehead atoms. The van der Waals surface area contributed by atoms with Gasteiger partial charge in [0.1, 0.15) is 5.75 Å². The van der Waals surface area contributed by atoms with E-state index in [2.05, 4.69) is 29.6 Å². The van der Waals surface area contributed by atoms with E-state index in [0.717, 1.165) is 36.6 Å². The van der Waals surface area contributed by atoms with Crippen LogP contribution in [0.2, 0.25) is 0 Å². The summed E-state index contributed by atoms with van der Waals surface area (Å²) < 4.78 is 16.2. The van der Waals surface area contributed by atoms with E-state index in [1.54, 1.807) is 21.3 Å². The van der Waals surface area contributed by atoms with E-state index < -0.39 is 0 Å². The normalized spacial score (nSPS) is 15.9. The van der Waals surface area contributed by atoms with Crippen LogP contribution in [0.5, 0.6) is 17.2 Å². The van der Waals surface area contributed by atoms with Gasteiger partial charge in [-0.3, -0.25) is 0 Å². The predicted molar refractivity (Wildman–Crippen MR) is 97.9 cm³/mol. The average Bonchev–Trinajstić information content (AvgIpc) is 2.61. The SMILES string of the molecule is COc1cccc(CC2NCCc3cc(OC)c(OC)cc32)c1.Cl. The molecular weight excluding hydrogens is 326 g/mol. The molecule has 0 fully saturated rings. The molecule has 2 aromatic rings. The second kappa shape index (κ2) is 8.27. The quantitative estimate of drug-likeness (QED) is 0.895. The summed E-state index contributed by atoms with van der Waals surface area (Å²) in [6, 6.07) is 12.7. The summed E-state index contributed by atoms with van der Waals surface area (Å²) in [4.78, 5) is 0. The molecule has 2 aromatic carbocycles. The third-order valence-corrected chi connectivity index (χ3v) is 4.38. The van der Waals surface area contributed by atoms with Crippen LogP contribution in [-0.4, -0.2) is 27.9 Å². The van der Waals surface area contributed by atoms with Crippen LogP contribution in [0.15, 0.2) is 36.4 Å². The van der Waals surface area contributed by atoms with Crippen molar-refractivity contribution < 1.29 is 14.2 Å². The Morgan fingerprint density at radius 3 is 2.46 bits per heavy atom. The highest BCUT2D eigenvalue weighted by atomic mass is 35.5. The van der Waals surface area contributed by atoms with Gasteiger partial charge >= 0.3 is 0 Å². The first-order chi connectivity index (χ1) is 11.2. The van der Waals surface area contributed by atoms with Crippen LogP contribution < -0.4 is 19.5 Å². The van der Waals surface area contributed by atoms with E-state index in [4.69, 9.17) is 14.2 Å². The van der Waals surface area contributed by atoms with E-state index in [9.17, 15) is 0 Å². The van der Waals surface area contributed by atoms with Gasteiger partial charge in [0.15, 0.2) is 11.5 Å². The molecule has 1 atom stereocenters. The fourth-order valence-corrected chi connectivity index (χ4v) is 3.19. The fraction of sp³-hybridized carbons (Fsp3) is 0.368. The summed E-state index contributed by atoms with van der Waals surface area (Å²) in [5.74, 6) is 2.48. The first-order valence-corrected chi connectivity index (χ1v) is 7.86. The molecule has 0 radical (unpaired) electrons. The predicted octanol–water partition coefficient (Wildman–Crippen LogP) is 3.56. The lowest BCUT2D eigenvalue weighted by atomic mass is 9.90. The van der Waals surface area contributed by atoms with E-state index in [-0.39, 0.29) is 18.4 Å². The van der Waals surface area contributed by atoms with Crippen LogP contribution in [0.4, 0.5) is 0 Å². The van der Waals surface area contributed by atoms with Gasteiger partial charge in [0.05, 0.1) is 21.3 Å². The number of nitrogens with one attached hydrogen (secondary N) is 1. The Morgan fingerprint density at radius 1 is 1.00 bits per heavy atom. The largest absolute Gasteiger partial charge is 0.497 e. The summed E-state index contributed by atoms with van der Waals surface area (Å²) >= 11 is 0. The van der Waals surface area contributed by atoms with Crippen LogP contribution >= 0.6 is 12.4 Å². The van der Waals surface area contributed by atoms with Crippen LogP contribution in [-0.2, 0) is 12.8 Å². The van der Waals surface area contributed by atoms with E-state index >= 15 is 0 Å². The number of hydrogen-bond donors (Lipinski definition) is 1. The molecule has 0 amide bonds. The van der Waals surface area contributed by atoms with Crippen molar-refractivity contribution in [1.82, 2.24) is 5.32 Å². The zero-order chi connectivity index (χ0) is 16.2. The Hall–Kier alpha value is -1.91. The van der Waals surface area contributed by atoms with Crippen molar-refractivity contribution >= 4 is 12.4 Å². The standard InChI is InChI=1S/C19H23NO3.ClH/c1-21-15-6-4-5-13(9-15)10-17-16-12-19(23-3)18(22-2)11-14(16)7-8-20-17;/h4-6,9,11-12,17,20H,7-8,10H2,1-3H3;1H. The molecule has 0 aliphatic carbocycles. The Labute approximate surface area is 149 Å². The van der Waals surface area contributed by atoms with Crippen molar-refractivity contribution in [2.45, 2.75) is 18.9 Å². The molecule has 1 heterocycles. The Morgan fingerprint density at radius 2 is 1.75 bits per heavy atom. The van der Waals surface area contributed by atoms with E-state index in [1.807, 2.05) is 12.1 Å². The Kier molecular flexibility index (Phi) is 6.35. The van der Waals surface area contributed by atoms with Gasteiger partial charge in [0.2, 0.25) is 0 Å². The number of benzene rings is 2. The zero-order valence-corrected chi connectivity index (χ0v) is 15.1. The molecule has 1 unspecified atom stereocenters. The van der Waals surface area contributed by atoms with Crippen LogP contribution in [0.25, 0.3) is 0 Å². The van der Waals surface area contributed by atoms with E-state index in [0.29, 0.717) is 0 Å².